The van der Waals surface area contributed by atoms with Gasteiger partial charge >= 0.3 is 6.03 Å². The molecule has 3 N–H and O–H groups in total. The fourth-order valence-electron chi connectivity index (χ4n) is 2.62. The third-order valence-corrected chi connectivity index (χ3v) is 4.85. The van der Waals surface area contributed by atoms with Crippen molar-refractivity contribution in [2.24, 2.45) is 5.73 Å². The van der Waals surface area contributed by atoms with Gasteiger partial charge < -0.3 is 25.4 Å². The first-order valence-electron chi connectivity index (χ1n) is 7.75. The number of amides is 3. The van der Waals surface area contributed by atoms with Crippen molar-refractivity contribution in [3.05, 3.63) is 46.2 Å². The van der Waals surface area contributed by atoms with Gasteiger partial charge in [-0.1, -0.05) is 12.1 Å². The van der Waals surface area contributed by atoms with E-state index in [0.29, 0.717) is 18.0 Å². The van der Waals surface area contributed by atoms with Gasteiger partial charge in [0.25, 0.3) is 0 Å². The molecule has 0 aliphatic carbocycles. The van der Waals surface area contributed by atoms with Gasteiger partial charge in [0.15, 0.2) is 11.5 Å². The van der Waals surface area contributed by atoms with Gasteiger partial charge in [-0.05, 0) is 29.1 Å². The van der Waals surface area contributed by atoms with E-state index < -0.39 is 12.1 Å². The van der Waals surface area contributed by atoms with Crippen molar-refractivity contribution in [2.75, 3.05) is 13.8 Å². The number of hydrogen-bond acceptors (Lipinski definition) is 5. The highest BCUT2D eigenvalue weighted by molar-refractivity contribution is 7.10. The normalized spacial score (nSPS) is 13.3. The second-order valence-electron chi connectivity index (χ2n) is 5.72. The summed E-state index contributed by atoms with van der Waals surface area (Å²) >= 11 is 1.47. The van der Waals surface area contributed by atoms with Crippen LogP contribution in [-0.4, -0.2) is 30.7 Å². The first-order chi connectivity index (χ1) is 12.0. The van der Waals surface area contributed by atoms with Gasteiger partial charge in [0, 0.05) is 18.5 Å². The minimum absolute atomic E-state index is 0.0928. The predicted octanol–water partition coefficient (Wildman–Crippen LogP) is 2.23. The van der Waals surface area contributed by atoms with Crippen LogP contribution >= 0.6 is 11.3 Å². The molecule has 2 heterocycles. The zero-order chi connectivity index (χ0) is 17.8. The van der Waals surface area contributed by atoms with E-state index in [1.165, 1.54) is 11.3 Å². The molecule has 8 heteroatoms. The molecular weight excluding hydrogens is 342 g/mol. The number of thiophene rings is 1. The van der Waals surface area contributed by atoms with Gasteiger partial charge in [-0.15, -0.1) is 11.3 Å². The summed E-state index contributed by atoms with van der Waals surface area (Å²) in [5, 5.41) is 4.53. The summed E-state index contributed by atoms with van der Waals surface area (Å²) in [6.45, 7) is 0.651. The molecule has 1 aliphatic rings. The van der Waals surface area contributed by atoms with Gasteiger partial charge in [-0.3, -0.25) is 4.79 Å². The van der Waals surface area contributed by atoms with Crippen LogP contribution in [0.2, 0.25) is 0 Å². The molecule has 0 bridgehead atoms. The summed E-state index contributed by atoms with van der Waals surface area (Å²) in [4.78, 5) is 26.3. The Kier molecular flexibility index (Phi) is 5.08. The molecule has 0 unspecified atom stereocenters. The molecule has 1 aliphatic heterocycles. The molecule has 1 aromatic heterocycles. The molecule has 7 nitrogen and oxygen atoms in total. The maximum atomic E-state index is 12.6. The number of nitrogens with one attached hydrogen (secondary N) is 1. The average Bonchev–Trinajstić information content (AvgIpc) is 3.24. The zero-order valence-electron chi connectivity index (χ0n) is 13.7. The van der Waals surface area contributed by atoms with E-state index in [1.807, 2.05) is 35.7 Å². The molecule has 3 amide bonds. The predicted molar refractivity (Wildman–Crippen MR) is 93.4 cm³/mol. The fourth-order valence-corrected chi connectivity index (χ4v) is 3.39. The van der Waals surface area contributed by atoms with Gasteiger partial charge in [0.05, 0.1) is 12.5 Å². The highest BCUT2D eigenvalue weighted by Gasteiger charge is 2.21. The lowest BCUT2D eigenvalue weighted by Crippen LogP contribution is -2.36. The van der Waals surface area contributed by atoms with Crippen LogP contribution in [0.3, 0.4) is 0 Å². The van der Waals surface area contributed by atoms with Crippen LogP contribution in [0.5, 0.6) is 11.5 Å². The summed E-state index contributed by atoms with van der Waals surface area (Å²) in [7, 11) is 1.72. The summed E-state index contributed by atoms with van der Waals surface area (Å²) in [6, 6.07) is 8.26. The summed E-state index contributed by atoms with van der Waals surface area (Å²) in [5.41, 5.74) is 6.17. The second-order valence-corrected chi connectivity index (χ2v) is 6.70. The number of rotatable bonds is 6. The maximum absolute atomic E-state index is 12.6. The van der Waals surface area contributed by atoms with E-state index >= 15 is 0 Å². The maximum Gasteiger partial charge on any atom is 0.312 e. The molecule has 25 heavy (non-hydrogen) atoms. The lowest BCUT2D eigenvalue weighted by Gasteiger charge is -2.21. The lowest BCUT2D eigenvalue weighted by molar-refractivity contribution is -0.130. The van der Waals surface area contributed by atoms with Crippen LogP contribution in [-0.2, 0) is 11.3 Å². The molecule has 1 aromatic carbocycles. The zero-order valence-corrected chi connectivity index (χ0v) is 14.5. The van der Waals surface area contributed by atoms with Crippen molar-refractivity contribution in [2.45, 2.75) is 19.0 Å². The number of nitrogens with two attached hydrogens (primary N) is 1. The molecule has 132 valence electrons. The SMILES string of the molecule is CN(Cc1ccc2c(c1)OCO2)C(=O)C[C@H](NC(N)=O)c1cccs1. The van der Waals surface area contributed by atoms with Gasteiger partial charge in [-0.25, -0.2) is 4.79 Å². The van der Waals surface area contributed by atoms with Crippen LogP contribution in [0, 0.1) is 0 Å². The van der Waals surface area contributed by atoms with Gasteiger partial charge in [0.2, 0.25) is 12.7 Å². The minimum atomic E-state index is -0.648. The fraction of sp³-hybridized carbons (Fsp3) is 0.294. The summed E-state index contributed by atoms with van der Waals surface area (Å²) in [6.07, 6.45) is 0.143. The Bertz CT molecular complexity index is 763. The Morgan fingerprint density at radius 3 is 2.84 bits per heavy atom. The number of nitrogens with zero attached hydrogens (tertiary/aromatic N) is 1. The summed E-state index contributed by atoms with van der Waals surface area (Å²) in [5.74, 6) is 1.30. The quantitative estimate of drug-likeness (QED) is 0.825. The number of urea groups is 1. The number of carbonyl (C=O) groups is 2. The van der Waals surface area contributed by atoms with E-state index in [2.05, 4.69) is 5.32 Å². The van der Waals surface area contributed by atoms with Crippen molar-refractivity contribution >= 4 is 23.3 Å². The van der Waals surface area contributed by atoms with Crippen LogP contribution in [0.1, 0.15) is 22.9 Å². The highest BCUT2D eigenvalue weighted by Crippen LogP contribution is 2.32. The summed E-state index contributed by atoms with van der Waals surface area (Å²) < 4.78 is 10.6. The molecule has 0 radical (unpaired) electrons. The number of benzene rings is 1. The lowest BCUT2D eigenvalue weighted by atomic mass is 10.1. The Hall–Kier alpha value is -2.74. The van der Waals surface area contributed by atoms with Gasteiger partial charge in [0.1, 0.15) is 0 Å². The first-order valence-corrected chi connectivity index (χ1v) is 8.63. The Balaban J connectivity index is 1.63. The Morgan fingerprint density at radius 2 is 2.12 bits per heavy atom. The molecule has 2 aromatic rings. The van der Waals surface area contributed by atoms with E-state index in [-0.39, 0.29) is 19.1 Å². The molecular formula is C17H19N3O4S. The van der Waals surface area contributed by atoms with Crippen molar-refractivity contribution in [1.82, 2.24) is 10.2 Å². The molecule has 0 fully saturated rings. The molecule has 0 spiro atoms. The van der Waals surface area contributed by atoms with E-state index in [4.69, 9.17) is 15.2 Å². The highest BCUT2D eigenvalue weighted by atomic mass is 32.1. The minimum Gasteiger partial charge on any atom is -0.454 e. The largest absolute Gasteiger partial charge is 0.454 e. The third kappa shape index (κ3) is 4.21. The second kappa shape index (κ2) is 7.43. The molecule has 1 atom stereocenters. The Labute approximate surface area is 149 Å². The number of primary amides is 1. The van der Waals surface area contributed by atoms with Crippen LogP contribution in [0.4, 0.5) is 4.79 Å². The Morgan fingerprint density at radius 1 is 1.32 bits per heavy atom. The number of fused-ring (bicyclic) bond motifs is 1. The third-order valence-electron chi connectivity index (χ3n) is 3.86. The standard InChI is InChI=1S/C17H19N3O4S/c1-20(9-11-4-5-13-14(7-11)24-10-23-13)16(21)8-12(19-17(18)22)15-3-2-6-25-15/h2-7,12H,8-10H2,1H3,(H3,18,19,22)/t12-/m0/s1. The average molecular weight is 361 g/mol. The van der Waals surface area contributed by atoms with Crippen LogP contribution in [0.15, 0.2) is 35.7 Å². The van der Waals surface area contributed by atoms with Crippen molar-refractivity contribution in [3.63, 3.8) is 0 Å². The molecule has 3 rings (SSSR count). The monoisotopic (exact) mass is 361 g/mol. The first kappa shape index (κ1) is 17.1. The van der Waals surface area contributed by atoms with Crippen molar-refractivity contribution < 1.29 is 19.1 Å². The molecule has 0 saturated heterocycles. The van der Waals surface area contributed by atoms with Crippen LogP contribution < -0.4 is 20.5 Å². The van der Waals surface area contributed by atoms with E-state index in [1.54, 1.807) is 11.9 Å². The number of hydrogen-bond donors (Lipinski definition) is 2. The van der Waals surface area contributed by atoms with Crippen molar-refractivity contribution in [3.8, 4) is 11.5 Å². The van der Waals surface area contributed by atoms with Crippen molar-refractivity contribution in [1.29, 1.82) is 0 Å². The molecule has 0 saturated carbocycles. The van der Waals surface area contributed by atoms with Gasteiger partial charge in [-0.2, -0.15) is 0 Å². The number of ether oxygens (including phenoxy) is 2. The van der Waals surface area contributed by atoms with E-state index in [0.717, 1.165) is 10.4 Å². The van der Waals surface area contributed by atoms with E-state index in [9.17, 15) is 9.59 Å². The number of carbonyl (C=O) groups excluding carboxylic acids is 2. The smallest absolute Gasteiger partial charge is 0.312 e. The topological polar surface area (TPSA) is 93.9 Å². The van der Waals surface area contributed by atoms with Crippen LogP contribution in [0.25, 0.3) is 0 Å².